The first kappa shape index (κ1) is 24.3. The molecule has 1 aromatic heterocycles. The van der Waals surface area contributed by atoms with Crippen molar-refractivity contribution in [1.82, 2.24) is 4.31 Å². The van der Waals surface area contributed by atoms with E-state index >= 15 is 0 Å². The fourth-order valence-corrected chi connectivity index (χ4v) is 5.03. The molecule has 3 aromatic rings. The van der Waals surface area contributed by atoms with E-state index in [0.29, 0.717) is 22.3 Å². The standard InChI is InChI=1S/C23H25NO8S/c1-5-24(6-2)33(27,28)21-11-15(7-10-19(21)30-4)23(26)31-14-16-12-22(25)32-20-13-17(29-3)8-9-18(16)20/h7-13H,5-6,14H2,1-4H3. The zero-order valence-electron chi connectivity index (χ0n) is 18.8. The van der Waals surface area contributed by atoms with Gasteiger partial charge >= 0.3 is 11.6 Å². The maximum Gasteiger partial charge on any atom is 0.338 e. The zero-order chi connectivity index (χ0) is 24.2. The van der Waals surface area contributed by atoms with Crippen LogP contribution in [0, 0.1) is 0 Å². The second kappa shape index (κ2) is 10.1. The predicted octanol–water partition coefficient (Wildman–Crippen LogP) is 3.20. The van der Waals surface area contributed by atoms with Crippen LogP contribution < -0.4 is 15.1 Å². The van der Waals surface area contributed by atoms with Gasteiger partial charge in [0.1, 0.15) is 28.6 Å². The quantitative estimate of drug-likeness (QED) is 0.343. The van der Waals surface area contributed by atoms with Gasteiger partial charge in [-0.05, 0) is 30.3 Å². The largest absolute Gasteiger partial charge is 0.497 e. The second-order valence-electron chi connectivity index (χ2n) is 6.98. The van der Waals surface area contributed by atoms with Crippen molar-refractivity contribution in [2.75, 3.05) is 27.3 Å². The number of benzene rings is 2. The number of methoxy groups -OCH3 is 2. The summed E-state index contributed by atoms with van der Waals surface area (Å²) in [6.45, 7) is 3.78. The number of fused-ring (bicyclic) bond motifs is 1. The molecule has 2 aromatic carbocycles. The molecule has 0 aliphatic rings. The van der Waals surface area contributed by atoms with Crippen molar-refractivity contribution in [3.05, 3.63) is 64.0 Å². The summed E-state index contributed by atoms with van der Waals surface area (Å²) in [6.07, 6.45) is 0. The van der Waals surface area contributed by atoms with Gasteiger partial charge in [-0.25, -0.2) is 18.0 Å². The van der Waals surface area contributed by atoms with Gasteiger partial charge < -0.3 is 18.6 Å². The highest BCUT2D eigenvalue weighted by atomic mass is 32.2. The van der Waals surface area contributed by atoms with E-state index in [1.165, 1.54) is 42.8 Å². The SMILES string of the molecule is CCN(CC)S(=O)(=O)c1cc(C(=O)OCc2cc(=O)oc3cc(OC)ccc23)ccc1OC. The number of esters is 1. The highest BCUT2D eigenvalue weighted by Crippen LogP contribution is 2.29. The van der Waals surface area contributed by atoms with Gasteiger partial charge in [0.2, 0.25) is 10.0 Å². The van der Waals surface area contributed by atoms with E-state index in [-0.39, 0.29) is 35.9 Å². The Balaban J connectivity index is 1.91. The molecule has 1 heterocycles. The maximum absolute atomic E-state index is 13.0. The lowest BCUT2D eigenvalue weighted by Crippen LogP contribution is -2.31. The minimum atomic E-state index is -3.87. The van der Waals surface area contributed by atoms with Crippen LogP contribution in [0.4, 0.5) is 0 Å². The average molecular weight is 476 g/mol. The Kier molecular flexibility index (Phi) is 7.39. The van der Waals surface area contributed by atoms with Crippen LogP contribution in [-0.2, 0) is 21.4 Å². The van der Waals surface area contributed by atoms with E-state index in [9.17, 15) is 18.0 Å². The number of hydrogen-bond donors (Lipinski definition) is 0. The average Bonchev–Trinajstić information content (AvgIpc) is 2.81. The third-order valence-electron chi connectivity index (χ3n) is 5.12. The number of rotatable bonds is 9. The lowest BCUT2D eigenvalue weighted by Gasteiger charge is -2.20. The number of hydrogen-bond acceptors (Lipinski definition) is 8. The summed E-state index contributed by atoms with van der Waals surface area (Å²) in [5.41, 5.74) is 0.182. The van der Waals surface area contributed by atoms with Gasteiger partial charge in [-0.15, -0.1) is 0 Å². The molecule has 0 unspecified atom stereocenters. The summed E-state index contributed by atoms with van der Waals surface area (Å²) in [5.74, 6) is -0.109. The minimum absolute atomic E-state index is 0.0375. The summed E-state index contributed by atoms with van der Waals surface area (Å²) in [6, 6.07) is 10.3. The van der Waals surface area contributed by atoms with Gasteiger partial charge in [-0.1, -0.05) is 13.8 Å². The summed E-state index contributed by atoms with van der Waals surface area (Å²) >= 11 is 0. The lowest BCUT2D eigenvalue weighted by molar-refractivity contribution is 0.0473. The Morgan fingerprint density at radius 2 is 1.73 bits per heavy atom. The Bertz CT molecular complexity index is 1330. The molecule has 3 rings (SSSR count). The van der Waals surface area contributed by atoms with E-state index in [4.69, 9.17) is 18.6 Å². The van der Waals surface area contributed by atoms with Gasteiger partial charge in [0.15, 0.2) is 0 Å². The number of nitrogens with zero attached hydrogens (tertiary/aromatic N) is 1. The number of sulfonamides is 1. The normalized spacial score (nSPS) is 11.5. The van der Waals surface area contributed by atoms with Crippen LogP contribution in [0.3, 0.4) is 0 Å². The highest BCUT2D eigenvalue weighted by molar-refractivity contribution is 7.89. The monoisotopic (exact) mass is 475 g/mol. The van der Waals surface area contributed by atoms with E-state index in [1.807, 2.05) is 0 Å². The smallest absolute Gasteiger partial charge is 0.338 e. The molecule has 0 aliphatic heterocycles. The van der Waals surface area contributed by atoms with Crippen molar-refractivity contribution < 1.29 is 31.8 Å². The molecule has 176 valence electrons. The van der Waals surface area contributed by atoms with E-state index < -0.39 is 21.6 Å². The molecule has 0 saturated carbocycles. The minimum Gasteiger partial charge on any atom is -0.497 e. The molecule has 10 heteroatoms. The molecule has 0 atom stereocenters. The van der Waals surface area contributed by atoms with Crippen LogP contribution in [0.5, 0.6) is 11.5 Å². The van der Waals surface area contributed by atoms with Crippen LogP contribution in [0.15, 0.2) is 56.6 Å². The molecule has 0 spiro atoms. The number of ether oxygens (including phenoxy) is 3. The summed E-state index contributed by atoms with van der Waals surface area (Å²) in [7, 11) is -1.02. The lowest BCUT2D eigenvalue weighted by atomic mass is 10.1. The van der Waals surface area contributed by atoms with Crippen LogP contribution in [-0.4, -0.2) is 46.0 Å². The first-order valence-corrected chi connectivity index (χ1v) is 11.6. The van der Waals surface area contributed by atoms with Crippen molar-refractivity contribution in [1.29, 1.82) is 0 Å². The number of carbonyl (C=O) groups excluding carboxylic acids is 1. The topological polar surface area (TPSA) is 112 Å². The Labute approximate surface area is 191 Å². The zero-order valence-corrected chi connectivity index (χ0v) is 19.6. The Morgan fingerprint density at radius 3 is 2.36 bits per heavy atom. The maximum atomic E-state index is 13.0. The molecule has 0 amide bonds. The van der Waals surface area contributed by atoms with E-state index in [2.05, 4.69) is 0 Å². The van der Waals surface area contributed by atoms with Crippen LogP contribution >= 0.6 is 0 Å². The fourth-order valence-electron chi connectivity index (χ4n) is 3.39. The molecule has 0 aliphatic carbocycles. The molecule has 0 fully saturated rings. The van der Waals surface area contributed by atoms with E-state index in [0.717, 1.165) is 0 Å². The van der Waals surface area contributed by atoms with Crippen molar-refractivity contribution in [2.45, 2.75) is 25.3 Å². The van der Waals surface area contributed by atoms with Crippen LogP contribution in [0.25, 0.3) is 11.0 Å². The molecule has 33 heavy (non-hydrogen) atoms. The summed E-state index contributed by atoms with van der Waals surface area (Å²) in [5, 5.41) is 0.586. The Morgan fingerprint density at radius 1 is 1.00 bits per heavy atom. The molecule has 0 saturated heterocycles. The van der Waals surface area contributed by atoms with Gasteiger partial charge in [0.05, 0.1) is 19.8 Å². The molecule has 0 radical (unpaired) electrons. The van der Waals surface area contributed by atoms with Gasteiger partial charge in [-0.3, -0.25) is 0 Å². The molecular weight excluding hydrogens is 450 g/mol. The van der Waals surface area contributed by atoms with Crippen molar-refractivity contribution >= 4 is 27.0 Å². The molecular formula is C23H25NO8S. The predicted molar refractivity (Wildman–Crippen MR) is 121 cm³/mol. The van der Waals surface area contributed by atoms with Crippen LogP contribution in [0.1, 0.15) is 29.8 Å². The summed E-state index contributed by atoms with van der Waals surface area (Å²) in [4.78, 5) is 24.5. The van der Waals surface area contributed by atoms with E-state index in [1.54, 1.807) is 32.0 Å². The van der Waals surface area contributed by atoms with Crippen LogP contribution in [0.2, 0.25) is 0 Å². The van der Waals surface area contributed by atoms with Crippen molar-refractivity contribution in [3.63, 3.8) is 0 Å². The van der Waals surface area contributed by atoms with Gasteiger partial charge in [0, 0.05) is 36.2 Å². The molecule has 0 bridgehead atoms. The van der Waals surface area contributed by atoms with Gasteiger partial charge in [-0.2, -0.15) is 4.31 Å². The first-order chi connectivity index (χ1) is 15.7. The summed E-state index contributed by atoms with van der Waals surface area (Å²) < 4.78 is 48.2. The van der Waals surface area contributed by atoms with Crippen molar-refractivity contribution in [2.24, 2.45) is 0 Å². The number of carbonyl (C=O) groups is 1. The fraction of sp³-hybridized carbons (Fsp3) is 0.304. The van der Waals surface area contributed by atoms with Gasteiger partial charge in [0.25, 0.3) is 0 Å². The highest BCUT2D eigenvalue weighted by Gasteiger charge is 2.27. The molecule has 0 N–H and O–H groups in total. The van der Waals surface area contributed by atoms with Crippen molar-refractivity contribution in [3.8, 4) is 11.5 Å². The third kappa shape index (κ3) is 5.01. The third-order valence-corrected chi connectivity index (χ3v) is 7.19. The second-order valence-corrected chi connectivity index (χ2v) is 8.89. The molecule has 9 nitrogen and oxygen atoms in total. The Hall–Kier alpha value is -3.37. The first-order valence-electron chi connectivity index (χ1n) is 10.2.